The number of aliphatic hydroxyl groups is 1. The molecule has 2 aromatic rings. The average Bonchev–Trinajstić information content (AvgIpc) is 2.85. The number of aryl methyl sites for hydroxylation is 1. The van der Waals surface area contributed by atoms with Crippen LogP contribution in [0.25, 0.3) is 0 Å². The van der Waals surface area contributed by atoms with E-state index in [9.17, 15) is 0 Å². The number of thioether (sulfide) groups is 1. The summed E-state index contributed by atoms with van der Waals surface area (Å²) in [6.45, 7) is 2.14. The molecule has 0 amide bonds. The Balaban J connectivity index is 1.92. The summed E-state index contributed by atoms with van der Waals surface area (Å²) in [7, 11) is 0. The molecule has 1 aromatic carbocycles. The van der Waals surface area contributed by atoms with Crippen molar-refractivity contribution in [2.24, 2.45) is 0 Å². The third-order valence-corrected chi connectivity index (χ3v) is 3.34. The molecular weight excluding hydrogens is 234 g/mol. The zero-order chi connectivity index (χ0) is 12.1. The summed E-state index contributed by atoms with van der Waals surface area (Å²) >= 11 is 1.61. The van der Waals surface area contributed by atoms with E-state index in [0.717, 1.165) is 28.7 Å². The predicted molar refractivity (Wildman–Crippen MR) is 67.7 cm³/mol. The number of benzene rings is 1. The zero-order valence-electron chi connectivity index (χ0n) is 9.68. The first-order valence-corrected chi connectivity index (χ1v) is 6.53. The van der Waals surface area contributed by atoms with E-state index in [4.69, 9.17) is 5.11 Å². The van der Waals surface area contributed by atoms with Crippen LogP contribution in [0.15, 0.2) is 29.4 Å². The number of aliphatic hydroxyl groups excluding tert-OH is 1. The molecule has 1 aromatic heterocycles. The third kappa shape index (κ3) is 3.31. The van der Waals surface area contributed by atoms with Gasteiger partial charge in [0.25, 0.3) is 0 Å². The highest BCUT2D eigenvalue weighted by molar-refractivity contribution is 7.98. The fourth-order valence-corrected chi connectivity index (χ4v) is 2.16. The number of nitrogens with zero attached hydrogens (tertiary/aromatic N) is 2. The summed E-state index contributed by atoms with van der Waals surface area (Å²) in [4.78, 5) is 4.33. The van der Waals surface area contributed by atoms with Crippen molar-refractivity contribution in [2.75, 3.05) is 0 Å². The highest BCUT2D eigenvalue weighted by Gasteiger charge is 2.02. The summed E-state index contributed by atoms with van der Waals surface area (Å²) in [6.07, 6.45) is 0.874. The van der Waals surface area contributed by atoms with Crippen LogP contribution in [0.5, 0.6) is 0 Å². The van der Waals surface area contributed by atoms with Crippen LogP contribution in [-0.4, -0.2) is 20.3 Å². The second-order valence-corrected chi connectivity index (χ2v) is 4.62. The van der Waals surface area contributed by atoms with Crippen molar-refractivity contribution in [2.45, 2.75) is 30.9 Å². The zero-order valence-corrected chi connectivity index (χ0v) is 10.5. The van der Waals surface area contributed by atoms with E-state index in [1.165, 1.54) is 5.56 Å². The third-order valence-electron chi connectivity index (χ3n) is 2.42. The first kappa shape index (κ1) is 12.1. The van der Waals surface area contributed by atoms with E-state index in [1.807, 2.05) is 31.2 Å². The van der Waals surface area contributed by atoms with Crippen LogP contribution in [0.2, 0.25) is 0 Å². The van der Waals surface area contributed by atoms with Crippen molar-refractivity contribution < 1.29 is 5.11 Å². The minimum atomic E-state index is 0.0915. The highest BCUT2D eigenvalue weighted by atomic mass is 32.2. The topological polar surface area (TPSA) is 61.8 Å². The molecule has 2 N–H and O–H groups in total. The minimum Gasteiger partial charge on any atom is -0.392 e. The van der Waals surface area contributed by atoms with Crippen LogP contribution in [-0.2, 0) is 18.8 Å². The van der Waals surface area contributed by atoms with Crippen molar-refractivity contribution in [3.63, 3.8) is 0 Å². The van der Waals surface area contributed by atoms with Crippen molar-refractivity contribution in [3.8, 4) is 0 Å². The molecule has 0 fully saturated rings. The molecular formula is C12H15N3OS. The van der Waals surface area contributed by atoms with Crippen molar-refractivity contribution in [1.82, 2.24) is 15.2 Å². The molecule has 0 aliphatic heterocycles. The van der Waals surface area contributed by atoms with Crippen LogP contribution >= 0.6 is 11.8 Å². The molecule has 0 bridgehead atoms. The normalized spacial score (nSPS) is 10.7. The molecule has 90 valence electrons. The number of hydrogen-bond acceptors (Lipinski definition) is 4. The van der Waals surface area contributed by atoms with Crippen LogP contribution in [0.4, 0.5) is 0 Å². The molecule has 0 unspecified atom stereocenters. The Hall–Kier alpha value is -1.33. The van der Waals surface area contributed by atoms with Crippen LogP contribution in [0, 0.1) is 0 Å². The molecule has 5 heteroatoms. The SMILES string of the molecule is CCc1nc(SCc2ccc(CO)cc2)n[nH]1. The van der Waals surface area contributed by atoms with Gasteiger partial charge in [0.15, 0.2) is 0 Å². The van der Waals surface area contributed by atoms with Gasteiger partial charge in [0.05, 0.1) is 6.61 Å². The lowest BCUT2D eigenvalue weighted by Crippen LogP contribution is -1.86. The second kappa shape index (κ2) is 5.84. The molecule has 4 nitrogen and oxygen atoms in total. The lowest BCUT2D eigenvalue weighted by atomic mass is 10.2. The van der Waals surface area contributed by atoms with Gasteiger partial charge in [-0.3, -0.25) is 5.10 Å². The van der Waals surface area contributed by atoms with E-state index in [2.05, 4.69) is 15.2 Å². The highest BCUT2D eigenvalue weighted by Crippen LogP contribution is 2.19. The van der Waals surface area contributed by atoms with Gasteiger partial charge in [0, 0.05) is 12.2 Å². The largest absolute Gasteiger partial charge is 0.392 e. The van der Waals surface area contributed by atoms with Crippen molar-refractivity contribution in [3.05, 3.63) is 41.2 Å². The fraction of sp³-hybridized carbons (Fsp3) is 0.333. The summed E-state index contributed by atoms with van der Waals surface area (Å²) in [6, 6.07) is 7.91. The monoisotopic (exact) mass is 249 g/mol. The van der Waals surface area contributed by atoms with E-state index in [0.29, 0.717) is 0 Å². The minimum absolute atomic E-state index is 0.0915. The molecule has 17 heavy (non-hydrogen) atoms. The van der Waals surface area contributed by atoms with Crippen LogP contribution < -0.4 is 0 Å². The standard InChI is InChI=1S/C12H15N3OS/c1-2-11-13-12(15-14-11)17-8-10-5-3-9(7-16)4-6-10/h3-6,16H,2,7-8H2,1H3,(H,13,14,15). The van der Waals surface area contributed by atoms with Gasteiger partial charge in [0.1, 0.15) is 5.82 Å². The van der Waals surface area contributed by atoms with E-state index in [-0.39, 0.29) is 6.61 Å². The van der Waals surface area contributed by atoms with E-state index < -0.39 is 0 Å². The van der Waals surface area contributed by atoms with Gasteiger partial charge in [-0.05, 0) is 11.1 Å². The Bertz CT molecular complexity index is 467. The first-order valence-electron chi connectivity index (χ1n) is 5.54. The smallest absolute Gasteiger partial charge is 0.208 e. The van der Waals surface area contributed by atoms with E-state index >= 15 is 0 Å². The number of aromatic amines is 1. The number of H-pyrrole nitrogens is 1. The molecule has 1 heterocycles. The second-order valence-electron chi connectivity index (χ2n) is 3.68. The molecule has 0 aliphatic carbocycles. The van der Waals surface area contributed by atoms with Crippen LogP contribution in [0.1, 0.15) is 23.9 Å². The van der Waals surface area contributed by atoms with E-state index in [1.54, 1.807) is 11.8 Å². The quantitative estimate of drug-likeness (QED) is 0.797. The summed E-state index contributed by atoms with van der Waals surface area (Å²) < 4.78 is 0. The van der Waals surface area contributed by atoms with Gasteiger partial charge in [-0.1, -0.05) is 43.0 Å². The van der Waals surface area contributed by atoms with Gasteiger partial charge in [-0.15, -0.1) is 5.10 Å². The Morgan fingerprint density at radius 2 is 1.94 bits per heavy atom. The summed E-state index contributed by atoms with van der Waals surface area (Å²) in [5, 5.41) is 16.7. The maximum absolute atomic E-state index is 8.94. The number of aromatic nitrogens is 3. The van der Waals surface area contributed by atoms with Gasteiger partial charge < -0.3 is 5.11 Å². The van der Waals surface area contributed by atoms with Gasteiger partial charge >= 0.3 is 0 Å². The lowest BCUT2D eigenvalue weighted by Gasteiger charge is -2.00. The number of hydrogen-bond donors (Lipinski definition) is 2. The Labute approximate surface area is 104 Å². The molecule has 0 saturated heterocycles. The lowest BCUT2D eigenvalue weighted by molar-refractivity contribution is 0.282. The average molecular weight is 249 g/mol. The van der Waals surface area contributed by atoms with Crippen molar-refractivity contribution in [1.29, 1.82) is 0 Å². The number of rotatable bonds is 5. The Morgan fingerprint density at radius 3 is 2.53 bits per heavy atom. The molecule has 0 spiro atoms. The maximum Gasteiger partial charge on any atom is 0.208 e. The molecule has 0 saturated carbocycles. The summed E-state index contributed by atoms with van der Waals surface area (Å²) in [5.41, 5.74) is 2.14. The first-order chi connectivity index (χ1) is 8.31. The molecule has 0 radical (unpaired) electrons. The molecule has 0 atom stereocenters. The predicted octanol–water partition coefficient (Wildman–Crippen LogP) is 2.15. The molecule has 0 aliphatic rings. The fourth-order valence-electron chi connectivity index (χ4n) is 1.39. The van der Waals surface area contributed by atoms with Gasteiger partial charge in [-0.2, -0.15) is 0 Å². The van der Waals surface area contributed by atoms with Crippen molar-refractivity contribution >= 4 is 11.8 Å². The maximum atomic E-state index is 8.94. The Morgan fingerprint density at radius 1 is 1.24 bits per heavy atom. The Kier molecular flexibility index (Phi) is 4.17. The van der Waals surface area contributed by atoms with Gasteiger partial charge in [0.2, 0.25) is 5.16 Å². The summed E-state index contributed by atoms with van der Waals surface area (Å²) in [5.74, 6) is 1.76. The van der Waals surface area contributed by atoms with Crippen LogP contribution in [0.3, 0.4) is 0 Å². The molecule has 2 rings (SSSR count). The van der Waals surface area contributed by atoms with Gasteiger partial charge in [-0.25, -0.2) is 4.98 Å². The number of nitrogens with one attached hydrogen (secondary N) is 1.